The Kier molecular flexibility index (Phi) is 8.46. The van der Waals surface area contributed by atoms with Crippen molar-refractivity contribution >= 4 is 17.7 Å². The monoisotopic (exact) mass is 274 g/mol. The molecule has 2 N–H and O–H groups in total. The standard InChI is InChI=1S/C13H26N2O2S/c1-2-18-11-6-13(17)14-7-3-8-15-9-4-12(16)5-10-15/h12,16H,2-11H2,1H3,(H,14,17). The lowest BCUT2D eigenvalue weighted by Crippen LogP contribution is -2.37. The van der Waals surface area contributed by atoms with E-state index in [4.69, 9.17) is 0 Å². The molecule has 1 aliphatic heterocycles. The minimum atomic E-state index is -0.1000. The summed E-state index contributed by atoms with van der Waals surface area (Å²) in [6, 6.07) is 0. The lowest BCUT2D eigenvalue weighted by atomic mass is 10.1. The molecule has 0 spiro atoms. The van der Waals surface area contributed by atoms with Gasteiger partial charge in [0.25, 0.3) is 0 Å². The Bertz CT molecular complexity index is 231. The van der Waals surface area contributed by atoms with Crippen molar-refractivity contribution in [3.05, 3.63) is 0 Å². The summed E-state index contributed by atoms with van der Waals surface area (Å²) in [5.74, 6) is 2.17. The first-order chi connectivity index (χ1) is 8.72. The second kappa shape index (κ2) is 9.64. The van der Waals surface area contributed by atoms with Crippen LogP contribution in [-0.2, 0) is 4.79 Å². The molecule has 0 aromatic carbocycles. The largest absolute Gasteiger partial charge is 0.393 e. The number of nitrogens with one attached hydrogen (secondary N) is 1. The highest BCUT2D eigenvalue weighted by molar-refractivity contribution is 7.99. The van der Waals surface area contributed by atoms with Gasteiger partial charge in [-0.05, 0) is 31.6 Å². The van der Waals surface area contributed by atoms with Crippen LogP contribution in [0.5, 0.6) is 0 Å². The molecule has 5 heteroatoms. The smallest absolute Gasteiger partial charge is 0.220 e. The molecular weight excluding hydrogens is 248 g/mol. The third-order valence-electron chi connectivity index (χ3n) is 3.21. The second-order valence-electron chi connectivity index (χ2n) is 4.72. The maximum atomic E-state index is 11.4. The van der Waals surface area contributed by atoms with Crippen LogP contribution in [0.2, 0.25) is 0 Å². The van der Waals surface area contributed by atoms with E-state index in [2.05, 4.69) is 17.1 Å². The third kappa shape index (κ3) is 7.24. The van der Waals surface area contributed by atoms with Gasteiger partial charge < -0.3 is 15.3 Å². The van der Waals surface area contributed by atoms with E-state index in [0.717, 1.165) is 56.9 Å². The van der Waals surface area contributed by atoms with Crippen LogP contribution in [0.25, 0.3) is 0 Å². The summed E-state index contributed by atoms with van der Waals surface area (Å²) in [7, 11) is 0. The van der Waals surface area contributed by atoms with Crippen molar-refractivity contribution in [2.45, 2.75) is 38.7 Å². The van der Waals surface area contributed by atoms with Gasteiger partial charge in [0.1, 0.15) is 0 Å². The number of aliphatic hydroxyl groups is 1. The molecule has 1 fully saturated rings. The fourth-order valence-corrected chi connectivity index (χ4v) is 2.69. The van der Waals surface area contributed by atoms with Crippen LogP contribution in [-0.4, -0.2) is 59.7 Å². The first kappa shape index (κ1) is 15.8. The highest BCUT2D eigenvalue weighted by atomic mass is 32.2. The molecule has 1 rings (SSSR count). The van der Waals surface area contributed by atoms with Gasteiger partial charge in [-0.1, -0.05) is 6.92 Å². The van der Waals surface area contributed by atoms with Gasteiger partial charge >= 0.3 is 0 Å². The van der Waals surface area contributed by atoms with E-state index < -0.39 is 0 Å². The summed E-state index contributed by atoms with van der Waals surface area (Å²) in [4.78, 5) is 13.8. The predicted octanol–water partition coefficient (Wildman–Crippen LogP) is 1.09. The number of amides is 1. The Morgan fingerprint density at radius 1 is 1.44 bits per heavy atom. The molecule has 0 aromatic rings. The van der Waals surface area contributed by atoms with E-state index >= 15 is 0 Å². The Balaban J connectivity index is 1.93. The van der Waals surface area contributed by atoms with Crippen molar-refractivity contribution in [1.29, 1.82) is 0 Å². The quantitative estimate of drug-likeness (QED) is 0.651. The molecule has 0 bridgehead atoms. The average molecular weight is 274 g/mol. The molecule has 0 saturated carbocycles. The minimum Gasteiger partial charge on any atom is -0.393 e. The number of thioether (sulfide) groups is 1. The number of rotatable bonds is 8. The lowest BCUT2D eigenvalue weighted by molar-refractivity contribution is -0.120. The van der Waals surface area contributed by atoms with Crippen LogP contribution in [0.4, 0.5) is 0 Å². The fourth-order valence-electron chi connectivity index (χ4n) is 2.07. The maximum absolute atomic E-state index is 11.4. The zero-order valence-electron chi connectivity index (χ0n) is 11.4. The summed E-state index contributed by atoms with van der Waals surface area (Å²) >= 11 is 1.81. The molecule has 0 aliphatic carbocycles. The molecule has 1 amide bonds. The number of hydrogen-bond acceptors (Lipinski definition) is 4. The Labute approximate surface area is 115 Å². The number of carbonyl (C=O) groups excluding carboxylic acids is 1. The zero-order chi connectivity index (χ0) is 13.2. The number of hydrogen-bond donors (Lipinski definition) is 2. The van der Waals surface area contributed by atoms with Crippen LogP contribution >= 0.6 is 11.8 Å². The van der Waals surface area contributed by atoms with Crippen LogP contribution < -0.4 is 5.32 Å². The molecule has 106 valence electrons. The highest BCUT2D eigenvalue weighted by Crippen LogP contribution is 2.09. The first-order valence-electron chi connectivity index (χ1n) is 6.97. The van der Waals surface area contributed by atoms with Crippen molar-refractivity contribution in [3.63, 3.8) is 0 Å². The number of carbonyl (C=O) groups is 1. The van der Waals surface area contributed by atoms with Gasteiger partial charge in [0.05, 0.1) is 6.10 Å². The number of nitrogens with zero attached hydrogens (tertiary/aromatic N) is 1. The molecule has 0 radical (unpaired) electrons. The van der Waals surface area contributed by atoms with Gasteiger partial charge in [-0.3, -0.25) is 4.79 Å². The van der Waals surface area contributed by atoms with E-state index in [1.807, 2.05) is 0 Å². The molecule has 18 heavy (non-hydrogen) atoms. The lowest BCUT2D eigenvalue weighted by Gasteiger charge is -2.29. The summed E-state index contributed by atoms with van der Waals surface area (Å²) in [6.45, 7) is 5.88. The first-order valence-corrected chi connectivity index (χ1v) is 8.12. The van der Waals surface area contributed by atoms with E-state index in [1.54, 1.807) is 11.8 Å². The Morgan fingerprint density at radius 3 is 2.83 bits per heavy atom. The summed E-state index contributed by atoms with van der Waals surface area (Å²) < 4.78 is 0. The van der Waals surface area contributed by atoms with Crippen molar-refractivity contribution < 1.29 is 9.90 Å². The van der Waals surface area contributed by atoms with E-state index in [9.17, 15) is 9.90 Å². The summed E-state index contributed by atoms with van der Waals surface area (Å²) in [6.07, 6.45) is 3.32. The van der Waals surface area contributed by atoms with Gasteiger partial charge in [0.15, 0.2) is 0 Å². The molecule has 0 unspecified atom stereocenters. The zero-order valence-corrected chi connectivity index (χ0v) is 12.2. The van der Waals surface area contributed by atoms with Crippen molar-refractivity contribution in [2.75, 3.05) is 37.7 Å². The third-order valence-corrected chi connectivity index (χ3v) is 4.11. The van der Waals surface area contributed by atoms with Crippen molar-refractivity contribution in [3.8, 4) is 0 Å². The van der Waals surface area contributed by atoms with Gasteiger partial charge in [0, 0.05) is 31.8 Å². The SMILES string of the molecule is CCSCCC(=O)NCCCN1CCC(O)CC1. The molecule has 4 nitrogen and oxygen atoms in total. The van der Waals surface area contributed by atoms with Gasteiger partial charge in [-0.15, -0.1) is 0 Å². The number of likely N-dealkylation sites (tertiary alicyclic amines) is 1. The molecular formula is C13H26N2O2S. The highest BCUT2D eigenvalue weighted by Gasteiger charge is 2.15. The average Bonchev–Trinajstić information content (AvgIpc) is 2.37. The number of aliphatic hydroxyl groups excluding tert-OH is 1. The summed E-state index contributed by atoms with van der Waals surface area (Å²) in [5.41, 5.74) is 0. The maximum Gasteiger partial charge on any atom is 0.220 e. The van der Waals surface area contributed by atoms with Crippen LogP contribution in [0, 0.1) is 0 Å². The van der Waals surface area contributed by atoms with E-state index in [0.29, 0.717) is 6.42 Å². The van der Waals surface area contributed by atoms with Crippen LogP contribution in [0.1, 0.15) is 32.6 Å². The normalized spacial score (nSPS) is 17.9. The topological polar surface area (TPSA) is 52.6 Å². The Hall–Kier alpha value is -0.260. The molecule has 1 saturated heterocycles. The number of piperidine rings is 1. The Morgan fingerprint density at radius 2 is 2.17 bits per heavy atom. The molecule has 1 aliphatic rings. The van der Waals surface area contributed by atoms with Crippen LogP contribution in [0.3, 0.4) is 0 Å². The second-order valence-corrected chi connectivity index (χ2v) is 6.12. The summed E-state index contributed by atoms with van der Waals surface area (Å²) in [5, 5.41) is 12.4. The predicted molar refractivity (Wildman–Crippen MR) is 76.9 cm³/mol. The van der Waals surface area contributed by atoms with Crippen LogP contribution in [0.15, 0.2) is 0 Å². The van der Waals surface area contributed by atoms with Gasteiger partial charge in [-0.2, -0.15) is 11.8 Å². The van der Waals surface area contributed by atoms with Gasteiger partial charge in [-0.25, -0.2) is 0 Å². The van der Waals surface area contributed by atoms with E-state index in [1.165, 1.54) is 0 Å². The minimum absolute atomic E-state index is 0.1000. The van der Waals surface area contributed by atoms with E-state index in [-0.39, 0.29) is 12.0 Å². The van der Waals surface area contributed by atoms with Gasteiger partial charge in [0.2, 0.25) is 5.91 Å². The molecule has 0 atom stereocenters. The fraction of sp³-hybridized carbons (Fsp3) is 0.923. The molecule has 0 aromatic heterocycles. The van der Waals surface area contributed by atoms with Crippen molar-refractivity contribution in [1.82, 2.24) is 10.2 Å². The van der Waals surface area contributed by atoms with Crippen molar-refractivity contribution in [2.24, 2.45) is 0 Å². The molecule has 1 heterocycles.